The summed E-state index contributed by atoms with van der Waals surface area (Å²) in [6, 6.07) is 15.7. The number of furan rings is 1. The highest BCUT2D eigenvalue weighted by atomic mass is 35.5. The van der Waals surface area contributed by atoms with E-state index in [4.69, 9.17) is 26.0 Å². The zero-order chi connectivity index (χ0) is 31.0. The molecule has 0 spiro atoms. The van der Waals surface area contributed by atoms with Gasteiger partial charge in [-0.25, -0.2) is 4.98 Å². The van der Waals surface area contributed by atoms with E-state index in [0.29, 0.717) is 24.0 Å². The summed E-state index contributed by atoms with van der Waals surface area (Å²) < 4.78 is 11.2. The number of ether oxygens (including phenoxy) is 1. The second kappa shape index (κ2) is 14.5. The lowest BCUT2D eigenvalue weighted by molar-refractivity contribution is -0.147. The Morgan fingerprint density at radius 3 is 2.67 bits per heavy atom. The molecule has 8 nitrogen and oxygen atoms in total. The van der Waals surface area contributed by atoms with Crippen molar-refractivity contribution in [3.63, 3.8) is 0 Å². The average molecular weight is 619 g/mol. The quantitative estimate of drug-likeness (QED) is 0.0674. The van der Waals surface area contributed by atoms with E-state index in [1.165, 1.54) is 17.3 Å². The van der Waals surface area contributed by atoms with Crippen LogP contribution >= 0.6 is 23.4 Å². The number of thioether (sulfide) groups is 1. The van der Waals surface area contributed by atoms with Gasteiger partial charge in [0.2, 0.25) is 11.3 Å². The summed E-state index contributed by atoms with van der Waals surface area (Å²) in [5.41, 5.74) is 3.76. The largest absolute Gasteiger partial charge is 0.469 e. The third kappa shape index (κ3) is 8.82. The molecule has 1 aliphatic carbocycles. The molecule has 0 unspecified atom stereocenters. The number of nitriles is 1. The van der Waals surface area contributed by atoms with Crippen LogP contribution in [-0.2, 0) is 33.9 Å². The van der Waals surface area contributed by atoms with Gasteiger partial charge in [-0.15, -0.1) is 0 Å². The van der Waals surface area contributed by atoms with E-state index >= 15 is 0 Å². The van der Waals surface area contributed by atoms with Gasteiger partial charge in [0.15, 0.2) is 0 Å². The molecule has 1 aromatic carbocycles. The molecule has 2 fully saturated rings. The molecule has 1 saturated heterocycles. The Labute approximate surface area is 261 Å². The molecule has 0 bridgehead atoms. The molecule has 224 valence electrons. The Hall–Kier alpha value is -3.87. The minimum Gasteiger partial charge on any atom is -0.469 e. The van der Waals surface area contributed by atoms with Crippen LogP contribution in [0.15, 0.2) is 82.0 Å². The van der Waals surface area contributed by atoms with Gasteiger partial charge in [0, 0.05) is 43.1 Å². The lowest BCUT2D eigenvalue weighted by Gasteiger charge is -2.17. The van der Waals surface area contributed by atoms with E-state index in [0.717, 1.165) is 34.6 Å². The highest BCUT2D eigenvalue weighted by Crippen LogP contribution is 2.60. The number of carbonyl (C=O) groups is 2. The van der Waals surface area contributed by atoms with Crippen molar-refractivity contribution in [1.82, 2.24) is 9.88 Å². The Balaban J connectivity index is 0.000000239. The highest BCUT2D eigenvalue weighted by Gasteiger charge is 2.61. The summed E-state index contributed by atoms with van der Waals surface area (Å²) in [4.78, 5) is 33.9. The second-order valence-electron chi connectivity index (χ2n) is 11.2. The molecule has 3 aromatic rings. The monoisotopic (exact) mass is 618 g/mol. The van der Waals surface area contributed by atoms with Crippen LogP contribution in [0.3, 0.4) is 0 Å². The number of aliphatic imine (C=N–C) groups is 1. The number of amidine groups is 1. The molecule has 0 N–H and O–H groups in total. The number of hydrogen-bond donors (Lipinski definition) is 0. The van der Waals surface area contributed by atoms with Crippen molar-refractivity contribution >= 4 is 40.3 Å². The van der Waals surface area contributed by atoms with Gasteiger partial charge in [-0.2, -0.15) is 10.3 Å². The smallest absolute Gasteiger partial charge is 0.310 e. The molecule has 1 saturated carbocycles. The highest BCUT2D eigenvalue weighted by molar-refractivity contribution is 8.14. The van der Waals surface area contributed by atoms with Crippen molar-refractivity contribution in [2.75, 3.05) is 12.8 Å². The van der Waals surface area contributed by atoms with Gasteiger partial charge in [-0.1, -0.05) is 79.7 Å². The molecular formula is C33H35ClN4O4S. The molecule has 0 amide bonds. The Bertz CT molecular complexity index is 1530. The minimum absolute atomic E-state index is 0.0793. The van der Waals surface area contributed by atoms with Crippen molar-refractivity contribution in [3.05, 3.63) is 100 Å². The third-order valence-electron chi connectivity index (χ3n) is 7.70. The first-order valence-electron chi connectivity index (χ1n) is 14.0. The molecule has 1 aliphatic heterocycles. The molecule has 10 heteroatoms. The summed E-state index contributed by atoms with van der Waals surface area (Å²) in [6.07, 6.45) is 8.63. The topological polar surface area (TPSA) is 109 Å². The number of esters is 1. The fourth-order valence-electron chi connectivity index (χ4n) is 4.94. The molecule has 0 radical (unpaired) electrons. The Morgan fingerprint density at radius 2 is 2.02 bits per heavy atom. The number of rotatable bonds is 8. The average Bonchev–Trinajstić information content (AvgIpc) is 3.30. The number of carbonyl (C=O) groups excluding carboxylic acids is 2. The van der Waals surface area contributed by atoms with Crippen LogP contribution in [0, 0.1) is 28.7 Å². The maximum atomic E-state index is 12.6. The van der Waals surface area contributed by atoms with Gasteiger partial charge in [0.05, 0.1) is 12.2 Å². The molecule has 2 aromatic heterocycles. The van der Waals surface area contributed by atoms with E-state index in [1.54, 1.807) is 31.6 Å². The van der Waals surface area contributed by atoms with Crippen LogP contribution in [0.5, 0.6) is 0 Å². The molecule has 2 aliphatic rings. The van der Waals surface area contributed by atoms with E-state index in [2.05, 4.69) is 36.0 Å². The van der Waals surface area contributed by atoms with Crippen molar-refractivity contribution < 1.29 is 18.7 Å². The van der Waals surface area contributed by atoms with Gasteiger partial charge in [-0.3, -0.25) is 9.59 Å². The van der Waals surface area contributed by atoms with Crippen LogP contribution in [0.25, 0.3) is 0 Å². The molecular weight excluding hydrogens is 584 g/mol. The predicted octanol–water partition coefficient (Wildman–Crippen LogP) is 6.84. The van der Waals surface area contributed by atoms with Crippen LogP contribution in [-0.4, -0.2) is 39.6 Å². The van der Waals surface area contributed by atoms with Gasteiger partial charge in [-0.05, 0) is 47.9 Å². The van der Waals surface area contributed by atoms with E-state index in [9.17, 15) is 9.59 Å². The predicted molar refractivity (Wildman–Crippen MR) is 168 cm³/mol. The number of nitrogens with zero attached hydrogens (tertiary/aromatic N) is 4. The number of hydrogen-bond acceptors (Lipinski definition) is 8. The summed E-state index contributed by atoms with van der Waals surface area (Å²) in [6.45, 7) is 6.77. The van der Waals surface area contributed by atoms with Crippen molar-refractivity contribution in [1.29, 1.82) is 5.26 Å². The lowest BCUT2D eigenvalue weighted by Crippen LogP contribution is -2.23. The second-order valence-corrected chi connectivity index (χ2v) is 12.7. The van der Waals surface area contributed by atoms with Crippen molar-refractivity contribution in [2.45, 2.75) is 46.8 Å². The van der Waals surface area contributed by atoms with Crippen molar-refractivity contribution in [2.24, 2.45) is 22.2 Å². The van der Waals surface area contributed by atoms with Gasteiger partial charge < -0.3 is 14.1 Å². The van der Waals surface area contributed by atoms with E-state index < -0.39 is 0 Å². The fourth-order valence-corrected chi connectivity index (χ4v) is 5.91. The summed E-state index contributed by atoms with van der Waals surface area (Å²) in [7, 11) is 1.87. The van der Waals surface area contributed by atoms with Crippen molar-refractivity contribution in [3.8, 4) is 6.19 Å². The first-order valence-corrected chi connectivity index (χ1v) is 15.3. The zero-order valence-electron chi connectivity index (χ0n) is 24.7. The Kier molecular flexibility index (Phi) is 10.8. The number of benzene rings is 1. The number of halogens is 1. The zero-order valence-corrected chi connectivity index (χ0v) is 26.3. The van der Waals surface area contributed by atoms with Crippen LogP contribution in [0.2, 0.25) is 5.15 Å². The van der Waals surface area contributed by atoms with Crippen LogP contribution in [0.1, 0.15) is 49.6 Å². The number of pyridine rings is 1. The maximum Gasteiger partial charge on any atom is 0.310 e. The molecule has 3 heterocycles. The van der Waals surface area contributed by atoms with Gasteiger partial charge in [0.1, 0.15) is 23.4 Å². The first kappa shape index (κ1) is 32.1. The molecule has 5 rings (SSSR count). The van der Waals surface area contributed by atoms with Crippen LogP contribution < -0.4 is 0 Å². The van der Waals surface area contributed by atoms with Gasteiger partial charge >= 0.3 is 5.97 Å². The van der Waals surface area contributed by atoms with Crippen LogP contribution in [0.4, 0.5) is 0 Å². The lowest BCUT2D eigenvalue weighted by atomic mass is 10.1. The molecule has 2 atom stereocenters. The summed E-state index contributed by atoms with van der Waals surface area (Å²) in [5.74, 6) is 2.07. The van der Waals surface area contributed by atoms with E-state index in [-0.39, 0.29) is 34.9 Å². The Morgan fingerprint density at radius 1 is 1.26 bits per heavy atom. The summed E-state index contributed by atoms with van der Waals surface area (Å²) >= 11 is 7.03. The fraction of sp³-hybridized carbons (Fsp3) is 0.364. The maximum absolute atomic E-state index is 12.6. The molecule has 43 heavy (non-hydrogen) atoms. The third-order valence-corrected chi connectivity index (χ3v) is 8.85. The number of aromatic nitrogens is 1. The first-order chi connectivity index (χ1) is 20.6. The number of allylic oxidation sites excluding steroid dienone is 1. The van der Waals surface area contributed by atoms with E-state index in [1.807, 2.05) is 48.4 Å². The van der Waals surface area contributed by atoms with Gasteiger partial charge in [0.25, 0.3) is 0 Å². The standard InChI is InChI=1S/C23H24O4S.C10H11ClN4/c1-23(2)19(12-17-8-9-28-22(17)25)20(23)21(24)27-14-16-11-18(26-13-16)10-15-6-4-3-5-7-15;1-8(14-7-12)15(2)6-9-3-4-10(11)13-5-9/h3-7,11-13,19-20H,8-10,14H2,1-2H3;3-5H,6H2,1-2H3/b17-12+;14-8+/t19-,20-;/m1./s1. The summed E-state index contributed by atoms with van der Waals surface area (Å²) in [5, 5.41) is 9.02. The SMILES string of the molecule is C/C(=N\C#N)N(C)Cc1ccc(Cl)nc1.CC1(C)[C@H](/C=C2\CCSC2=O)[C@@H]1C(=O)OCc1coc(Cc2ccccc2)c1. The normalized spacial score (nSPS) is 19.8. The minimum atomic E-state index is -0.198.